The van der Waals surface area contributed by atoms with Crippen molar-refractivity contribution in [3.63, 3.8) is 0 Å². The molecule has 346 valence electrons. The number of halogens is 1. The Labute approximate surface area is 386 Å². The maximum Gasteiger partial charge on any atom is 0.410 e. The Bertz CT molecular complexity index is 2830. The van der Waals surface area contributed by atoms with Crippen molar-refractivity contribution >= 4 is 40.3 Å². The number of hydrogen-bond acceptors (Lipinski definition) is 9. The van der Waals surface area contributed by atoms with Gasteiger partial charge in [0.15, 0.2) is 5.69 Å². The van der Waals surface area contributed by atoms with Crippen molar-refractivity contribution in [1.82, 2.24) is 34.6 Å². The van der Waals surface area contributed by atoms with E-state index in [1.807, 2.05) is 55.6 Å². The van der Waals surface area contributed by atoms with Crippen molar-refractivity contribution in [2.45, 2.75) is 96.2 Å². The molecular formula is C49H56FN8O7S+. The highest BCUT2D eigenvalue weighted by Gasteiger charge is 2.43. The van der Waals surface area contributed by atoms with Crippen molar-refractivity contribution in [1.29, 1.82) is 0 Å². The number of alkyl carbamates (subject to hydrolysis) is 1. The number of nitrogens with zero attached hydrogens (tertiary/aromatic N) is 5. The van der Waals surface area contributed by atoms with Crippen LogP contribution in [0.5, 0.6) is 5.75 Å². The fourth-order valence-corrected chi connectivity index (χ4v) is 11.1. The summed E-state index contributed by atoms with van der Waals surface area (Å²) in [5, 5.41) is 3.76. The van der Waals surface area contributed by atoms with Gasteiger partial charge in [0.2, 0.25) is 12.1 Å². The number of ether oxygens (including phenoxy) is 4. The molecule has 3 amide bonds. The van der Waals surface area contributed by atoms with Gasteiger partial charge >= 0.3 is 12.2 Å². The van der Waals surface area contributed by atoms with E-state index < -0.39 is 29.8 Å². The predicted octanol–water partition coefficient (Wildman–Crippen LogP) is 8.85. The number of benzene rings is 2. The van der Waals surface area contributed by atoms with E-state index in [0.717, 1.165) is 63.4 Å². The van der Waals surface area contributed by atoms with Crippen molar-refractivity contribution in [3.05, 3.63) is 88.1 Å². The summed E-state index contributed by atoms with van der Waals surface area (Å²) >= 11 is 1.64. The van der Waals surface area contributed by atoms with Crippen LogP contribution in [0.2, 0.25) is 0 Å². The van der Waals surface area contributed by atoms with Crippen molar-refractivity contribution in [3.8, 4) is 39.5 Å². The molecular weight excluding hydrogens is 864 g/mol. The Morgan fingerprint density at radius 1 is 0.955 bits per heavy atom. The van der Waals surface area contributed by atoms with Gasteiger partial charge in [0.1, 0.15) is 41.3 Å². The number of rotatable bonds is 8. The molecule has 4 atom stereocenters. The van der Waals surface area contributed by atoms with Crippen LogP contribution in [-0.2, 0) is 26.1 Å². The van der Waals surface area contributed by atoms with Crippen LogP contribution in [-0.4, -0.2) is 92.5 Å². The number of H-pyrrole nitrogens is 2. The third-order valence-electron chi connectivity index (χ3n) is 13.3. The molecule has 0 spiro atoms. The number of imidazole rings is 2. The van der Waals surface area contributed by atoms with Crippen LogP contribution in [0.15, 0.2) is 60.9 Å². The smallest absolute Gasteiger partial charge is 0.410 e. The van der Waals surface area contributed by atoms with E-state index in [4.69, 9.17) is 18.9 Å². The highest BCUT2D eigenvalue weighted by Crippen LogP contribution is 2.48. The zero-order valence-electron chi connectivity index (χ0n) is 38.1. The zero-order valence-corrected chi connectivity index (χ0v) is 38.9. The number of fused-ring (bicyclic) bond motifs is 5. The van der Waals surface area contributed by atoms with Gasteiger partial charge in [0, 0.05) is 47.7 Å². The van der Waals surface area contributed by atoms with Gasteiger partial charge in [-0.15, -0.1) is 11.3 Å². The summed E-state index contributed by atoms with van der Waals surface area (Å²) in [6.45, 7) is 9.84. The largest absolute Gasteiger partial charge is 0.464 e. The quantitative estimate of drug-likeness (QED) is 0.128. The molecule has 10 rings (SSSR count). The maximum atomic E-state index is 16.8. The lowest BCUT2D eigenvalue weighted by Gasteiger charge is -2.33. The predicted molar refractivity (Wildman–Crippen MR) is 245 cm³/mol. The molecule has 6 aromatic rings. The molecule has 3 saturated heterocycles. The minimum atomic E-state index is -0.712. The summed E-state index contributed by atoms with van der Waals surface area (Å²) in [6, 6.07) is 14.5. The lowest BCUT2D eigenvalue weighted by molar-refractivity contribution is -0.680. The minimum absolute atomic E-state index is 0.0536. The summed E-state index contributed by atoms with van der Waals surface area (Å²) in [6.07, 6.45) is 6.68. The van der Waals surface area contributed by atoms with E-state index in [1.165, 1.54) is 13.2 Å². The summed E-state index contributed by atoms with van der Waals surface area (Å²) in [7, 11) is 3.29. The molecule has 0 saturated carbocycles. The van der Waals surface area contributed by atoms with Gasteiger partial charge in [-0.1, -0.05) is 0 Å². The van der Waals surface area contributed by atoms with E-state index >= 15 is 4.39 Å². The molecule has 8 heterocycles. The monoisotopic (exact) mass is 919 g/mol. The number of methoxy groups -OCH3 is 1. The molecule has 3 N–H and O–H groups in total. The average molecular weight is 920 g/mol. The van der Waals surface area contributed by atoms with Crippen molar-refractivity contribution in [2.24, 2.45) is 13.0 Å². The number of carbonyl (C=O) groups excluding carboxylic acids is 3. The highest BCUT2D eigenvalue weighted by molar-refractivity contribution is 7.12. The summed E-state index contributed by atoms with van der Waals surface area (Å²) in [5.41, 5.74) is 4.34. The zero-order chi connectivity index (χ0) is 46.0. The molecule has 66 heavy (non-hydrogen) atoms. The fraction of sp³-hybridized carbons (Fsp3) is 0.449. The minimum Gasteiger partial charge on any atom is -0.464 e. The molecule has 0 radical (unpaired) electrons. The van der Waals surface area contributed by atoms with Crippen LogP contribution in [0.25, 0.3) is 44.7 Å². The van der Waals surface area contributed by atoms with Gasteiger partial charge < -0.3 is 34.1 Å². The topological polar surface area (TPSA) is 160 Å². The van der Waals surface area contributed by atoms with Crippen LogP contribution in [0.3, 0.4) is 0 Å². The summed E-state index contributed by atoms with van der Waals surface area (Å²) < 4.78 is 43.9. The summed E-state index contributed by atoms with van der Waals surface area (Å²) in [4.78, 5) is 57.3. The number of aryl methyl sites for hydroxylation is 2. The Morgan fingerprint density at radius 3 is 2.47 bits per heavy atom. The normalized spacial score (nSPS) is 20.3. The Morgan fingerprint density at radius 2 is 1.73 bits per heavy atom. The molecule has 4 unspecified atom stereocenters. The molecule has 4 aliphatic heterocycles. The number of hydrogen-bond donors (Lipinski definition) is 3. The van der Waals surface area contributed by atoms with Crippen LogP contribution in [0, 0.1) is 18.7 Å². The van der Waals surface area contributed by atoms with Gasteiger partial charge in [0.25, 0.3) is 5.82 Å². The molecule has 0 aliphatic carbocycles. The second-order valence-electron chi connectivity index (χ2n) is 18.9. The van der Waals surface area contributed by atoms with Crippen LogP contribution >= 0.6 is 11.3 Å². The maximum absolute atomic E-state index is 16.8. The third kappa shape index (κ3) is 8.09. The number of aromatic amines is 2. The second-order valence-corrected chi connectivity index (χ2v) is 20.2. The van der Waals surface area contributed by atoms with E-state index in [1.54, 1.807) is 22.4 Å². The fourth-order valence-electron chi connectivity index (χ4n) is 10.2. The van der Waals surface area contributed by atoms with Gasteiger partial charge in [-0.05, 0) is 121 Å². The first kappa shape index (κ1) is 43.7. The van der Waals surface area contributed by atoms with E-state index in [9.17, 15) is 14.4 Å². The molecule has 0 bridgehead atoms. The number of aromatic nitrogens is 5. The highest BCUT2D eigenvalue weighted by atomic mass is 32.1. The number of likely N-dealkylation sites (tertiary alicyclic amines) is 2. The Balaban J connectivity index is 0.965. The number of thiophene rings is 1. The Hall–Kier alpha value is -6.20. The van der Waals surface area contributed by atoms with Gasteiger partial charge in [0.05, 0.1) is 53.7 Å². The van der Waals surface area contributed by atoms with Gasteiger partial charge in [-0.3, -0.25) is 14.3 Å². The van der Waals surface area contributed by atoms with Crippen LogP contribution in [0.4, 0.5) is 14.0 Å². The number of carbonyl (C=O) groups is 3. The van der Waals surface area contributed by atoms with Gasteiger partial charge in [-0.25, -0.2) is 28.5 Å². The Kier molecular flexibility index (Phi) is 11.4. The van der Waals surface area contributed by atoms with Crippen LogP contribution < -0.4 is 14.6 Å². The molecule has 2 aromatic carbocycles. The molecule has 3 fully saturated rings. The third-order valence-corrected chi connectivity index (χ3v) is 14.4. The first-order chi connectivity index (χ1) is 31.7. The van der Waals surface area contributed by atoms with Crippen molar-refractivity contribution < 1.29 is 42.3 Å². The molecule has 4 aromatic heterocycles. The SMILES string of the molecule is COC(=O)NC(C(=O)N1CCCC1c1[nH]c(-c2ccc3c(c2)cc2n3C(c3ccc(C)s3)Oc3cc(-c4cnc(C5CCCN5C(=O)OC(C)(C)C)[nH]4)cc(F)c3-2)c[n+]1C)C1CCOCC1. The van der Waals surface area contributed by atoms with Crippen LogP contribution in [0.1, 0.15) is 99.0 Å². The molecule has 15 nitrogen and oxygen atoms in total. The molecule has 4 aliphatic rings. The number of nitrogens with one attached hydrogen (secondary N) is 3. The van der Waals surface area contributed by atoms with E-state index in [2.05, 4.69) is 62.1 Å². The second kappa shape index (κ2) is 17.2. The lowest BCUT2D eigenvalue weighted by Crippen LogP contribution is -2.53. The van der Waals surface area contributed by atoms with E-state index in [0.29, 0.717) is 73.2 Å². The van der Waals surface area contributed by atoms with Gasteiger partial charge in [-0.2, -0.15) is 0 Å². The number of amides is 3. The molecule has 17 heteroatoms. The standard InChI is InChI=1S/C49H55FN8O7S/c1-27-11-14-40(66-27)46-58-35-13-12-29(34-26-55(5)44(53-34)37-10-8-17-56(37)45(59)42(54-47(60)62-6)28-15-19-63-20-16-28)21-31(35)23-38(58)41-32(50)22-30(24-39(41)64-46)33-25-51-43(52-33)36-9-7-18-57(36)48(61)65-49(2,3)4/h11-14,21-26,28,36-37,42,46H,7-10,15-20H2,1-6H3,(H2,51,52,54,60)/p+1. The first-order valence-corrected chi connectivity index (χ1v) is 23.6. The summed E-state index contributed by atoms with van der Waals surface area (Å²) in [5.74, 6) is 1.33. The first-order valence-electron chi connectivity index (χ1n) is 22.8. The van der Waals surface area contributed by atoms with Crippen molar-refractivity contribution in [2.75, 3.05) is 33.4 Å². The van der Waals surface area contributed by atoms with E-state index in [-0.39, 0.29) is 30.0 Å². The average Bonchev–Trinajstić information content (AvgIpc) is 4.16. The lowest BCUT2D eigenvalue weighted by atomic mass is 9.90.